The first-order valence-corrected chi connectivity index (χ1v) is 6.87. The molecule has 0 aliphatic rings. The molecule has 0 heterocycles. The maximum Gasteiger partial charge on any atom is 0.407 e. The molecule has 19 heavy (non-hydrogen) atoms. The van der Waals surface area contributed by atoms with Gasteiger partial charge in [0, 0.05) is 25.7 Å². The summed E-state index contributed by atoms with van der Waals surface area (Å²) in [6.07, 6.45) is 0.305. The van der Waals surface area contributed by atoms with Gasteiger partial charge in [-0.05, 0) is 32.6 Å². The van der Waals surface area contributed by atoms with Gasteiger partial charge in [0.05, 0.1) is 0 Å². The van der Waals surface area contributed by atoms with E-state index in [1.165, 1.54) is 0 Å². The number of aliphatic hydroxyl groups excluding tert-OH is 1. The summed E-state index contributed by atoms with van der Waals surface area (Å²) in [5, 5.41) is 15.1. The standard InChI is InChI=1S/C14H30N2O3/c1-13(2,3)11(7-10-17)15-8-9-16-12(18)19-14(4,5)6/h11,15,17H,7-10H2,1-6H3,(H,16,18). The van der Waals surface area contributed by atoms with E-state index in [0.29, 0.717) is 19.5 Å². The first-order valence-electron chi connectivity index (χ1n) is 6.87. The summed E-state index contributed by atoms with van der Waals surface area (Å²) in [6.45, 7) is 13.2. The van der Waals surface area contributed by atoms with E-state index in [-0.39, 0.29) is 18.1 Å². The molecule has 5 nitrogen and oxygen atoms in total. The van der Waals surface area contributed by atoms with Crippen LogP contribution in [-0.2, 0) is 4.74 Å². The third-order valence-corrected chi connectivity index (χ3v) is 2.65. The molecule has 3 N–H and O–H groups in total. The normalized spacial score (nSPS) is 14.1. The summed E-state index contributed by atoms with van der Waals surface area (Å²) in [5.41, 5.74) is -0.392. The Bertz CT molecular complexity index is 267. The van der Waals surface area contributed by atoms with Gasteiger partial charge in [0.2, 0.25) is 0 Å². The van der Waals surface area contributed by atoms with E-state index in [1.54, 1.807) is 0 Å². The molecule has 0 radical (unpaired) electrons. The van der Waals surface area contributed by atoms with Crippen LogP contribution in [0.25, 0.3) is 0 Å². The third kappa shape index (κ3) is 9.73. The topological polar surface area (TPSA) is 70.6 Å². The van der Waals surface area contributed by atoms with E-state index in [2.05, 4.69) is 31.4 Å². The molecule has 0 aromatic carbocycles. The number of ether oxygens (including phenoxy) is 1. The highest BCUT2D eigenvalue weighted by molar-refractivity contribution is 5.67. The van der Waals surface area contributed by atoms with Crippen molar-refractivity contribution in [1.29, 1.82) is 0 Å². The minimum absolute atomic E-state index is 0.0780. The van der Waals surface area contributed by atoms with Gasteiger partial charge in [0.25, 0.3) is 0 Å². The Labute approximate surface area is 117 Å². The van der Waals surface area contributed by atoms with Crippen LogP contribution in [0.4, 0.5) is 4.79 Å². The molecule has 0 aromatic rings. The van der Waals surface area contributed by atoms with Gasteiger partial charge in [-0.3, -0.25) is 0 Å². The molecule has 0 bridgehead atoms. The summed E-state index contributed by atoms with van der Waals surface area (Å²) in [7, 11) is 0. The molecule has 1 unspecified atom stereocenters. The number of rotatable bonds is 6. The van der Waals surface area contributed by atoms with Crippen molar-refractivity contribution in [3.8, 4) is 0 Å². The minimum Gasteiger partial charge on any atom is -0.444 e. The molecule has 0 rings (SSSR count). The fourth-order valence-electron chi connectivity index (χ4n) is 1.70. The largest absolute Gasteiger partial charge is 0.444 e. The molecule has 0 aromatic heterocycles. The number of carbonyl (C=O) groups excluding carboxylic acids is 1. The number of carbonyl (C=O) groups is 1. The van der Waals surface area contributed by atoms with E-state index < -0.39 is 11.7 Å². The van der Waals surface area contributed by atoms with Crippen molar-refractivity contribution in [3.05, 3.63) is 0 Å². The Morgan fingerprint density at radius 2 is 1.74 bits per heavy atom. The molecule has 0 aliphatic heterocycles. The summed E-state index contributed by atoms with van der Waals surface area (Å²) >= 11 is 0. The van der Waals surface area contributed by atoms with Crippen LogP contribution in [0.2, 0.25) is 0 Å². The van der Waals surface area contributed by atoms with Gasteiger partial charge in [-0.1, -0.05) is 20.8 Å². The van der Waals surface area contributed by atoms with E-state index >= 15 is 0 Å². The van der Waals surface area contributed by atoms with E-state index in [0.717, 1.165) is 0 Å². The number of hydrogen-bond acceptors (Lipinski definition) is 4. The van der Waals surface area contributed by atoms with Crippen LogP contribution in [0.5, 0.6) is 0 Å². The lowest BCUT2D eigenvalue weighted by Crippen LogP contribution is -2.44. The van der Waals surface area contributed by atoms with Crippen molar-refractivity contribution in [2.24, 2.45) is 5.41 Å². The van der Waals surface area contributed by atoms with Crippen molar-refractivity contribution >= 4 is 6.09 Å². The first kappa shape index (κ1) is 18.2. The Morgan fingerprint density at radius 1 is 1.16 bits per heavy atom. The van der Waals surface area contributed by atoms with Gasteiger partial charge in [-0.25, -0.2) is 4.79 Å². The zero-order valence-corrected chi connectivity index (χ0v) is 13.2. The van der Waals surface area contributed by atoms with Crippen LogP contribution >= 0.6 is 0 Å². The number of hydrogen-bond donors (Lipinski definition) is 3. The molecule has 0 aliphatic carbocycles. The van der Waals surface area contributed by atoms with Crippen LogP contribution in [0.1, 0.15) is 48.0 Å². The Hall–Kier alpha value is -0.810. The van der Waals surface area contributed by atoms with E-state index in [4.69, 9.17) is 9.84 Å². The highest BCUT2D eigenvalue weighted by Gasteiger charge is 2.23. The van der Waals surface area contributed by atoms with Crippen LogP contribution in [-0.4, -0.2) is 42.5 Å². The van der Waals surface area contributed by atoms with Gasteiger partial charge in [0.15, 0.2) is 0 Å². The first-order chi connectivity index (χ1) is 8.56. The second-order valence-corrected chi connectivity index (χ2v) is 6.81. The van der Waals surface area contributed by atoms with Crippen molar-refractivity contribution in [2.75, 3.05) is 19.7 Å². The number of alkyl carbamates (subject to hydrolysis) is 1. The van der Waals surface area contributed by atoms with E-state index in [9.17, 15) is 4.79 Å². The summed E-state index contributed by atoms with van der Waals surface area (Å²) < 4.78 is 5.14. The maximum atomic E-state index is 11.4. The van der Waals surface area contributed by atoms with Gasteiger partial charge >= 0.3 is 6.09 Å². The fraction of sp³-hybridized carbons (Fsp3) is 0.929. The lowest BCUT2D eigenvalue weighted by molar-refractivity contribution is 0.0527. The predicted octanol–water partition coefficient (Wildman–Crippen LogP) is 1.90. The van der Waals surface area contributed by atoms with Crippen LogP contribution in [0, 0.1) is 5.41 Å². The van der Waals surface area contributed by atoms with Crippen molar-refractivity contribution in [1.82, 2.24) is 10.6 Å². The molecule has 0 fully saturated rings. The molecular formula is C14H30N2O3. The quantitative estimate of drug-likeness (QED) is 0.647. The number of nitrogens with one attached hydrogen (secondary N) is 2. The molecule has 0 spiro atoms. The van der Waals surface area contributed by atoms with Crippen molar-refractivity contribution in [3.63, 3.8) is 0 Å². The molecule has 5 heteroatoms. The average molecular weight is 274 g/mol. The predicted molar refractivity (Wildman–Crippen MR) is 77.2 cm³/mol. The molecule has 1 amide bonds. The van der Waals surface area contributed by atoms with E-state index in [1.807, 2.05) is 20.8 Å². The molecule has 1 atom stereocenters. The van der Waals surface area contributed by atoms with Gasteiger partial charge in [0.1, 0.15) is 5.60 Å². The summed E-state index contributed by atoms with van der Waals surface area (Å²) in [6, 6.07) is 0.220. The number of amides is 1. The second-order valence-electron chi connectivity index (χ2n) is 6.81. The Morgan fingerprint density at radius 3 is 2.16 bits per heavy atom. The monoisotopic (exact) mass is 274 g/mol. The SMILES string of the molecule is CC(C)(C)OC(=O)NCCNC(CCO)C(C)(C)C. The summed E-state index contributed by atoms with van der Waals surface area (Å²) in [5.74, 6) is 0. The highest BCUT2D eigenvalue weighted by Crippen LogP contribution is 2.21. The molecule has 0 saturated carbocycles. The molecule has 114 valence electrons. The molecule has 0 saturated heterocycles. The summed E-state index contributed by atoms with van der Waals surface area (Å²) in [4.78, 5) is 11.4. The lowest BCUT2D eigenvalue weighted by Gasteiger charge is -2.31. The Balaban J connectivity index is 3.92. The highest BCUT2D eigenvalue weighted by atomic mass is 16.6. The van der Waals surface area contributed by atoms with Crippen LogP contribution < -0.4 is 10.6 Å². The second kappa shape index (κ2) is 7.70. The number of aliphatic hydroxyl groups is 1. The van der Waals surface area contributed by atoms with Gasteiger partial charge in [-0.15, -0.1) is 0 Å². The fourth-order valence-corrected chi connectivity index (χ4v) is 1.70. The average Bonchev–Trinajstić information content (AvgIpc) is 2.18. The zero-order valence-electron chi connectivity index (χ0n) is 13.2. The zero-order chi connectivity index (χ0) is 15.1. The van der Waals surface area contributed by atoms with Gasteiger partial charge < -0.3 is 20.5 Å². The minimum atomic E-state index is -0.470. The van der Waals surface area contributed by atoms with Gasteiger partial charge in [-0.2, -0.15) is 0 Å². The van der Waals surface area contributed by atoms with Crippen LogP contribution in [0.3, 0.4) is 0 Å². The van der Waals surface area contributed by atoms with Crippen molar-refractivity contribution < 1.29 is 14.6 Å². The third-order valence-electron chi connectivity index (χ3n) is 2.65. The maximum absolute atomic E-state index is 11.4. The van der Waals surface area contributed by atoms with Crippen molar-refractivity contribution in [2.45, 2.75) is 59.6 Å². The Kier molecular flexibility index (Phi) is 7.37. The molecular weight excluding hydrogens is 244 g/mol. The lowest BCUT2D eigenvalue weighted by atomic mass is 9.85. The smallest absolute Gasteiger partial charge is 0.407 e. The van der Waals surface area contributed by atoms with Crippen LogP contribution in [0.15, 0.2) is 0 Å².